The van der Waals surface area contributed by atoms with E-state index in [2.05, 4.69) is 44.6 Å². The highest BCUT2D eigenvalue weighted by molar-refractivity contribution is 5.07. The van der Waals surface area contributed by atoms with Crippen LogP contribution in [0.4, 0.5) is 0 Å². The minimum Gasteiger partial charge on any atom is -0.315 e. The molecule has 0 aromatic heterocycles. The molecule has 1 aliphatic rings. The molecule has 0 bridgehead atoms. The third-order valence-electron chi connectivity index (χ3n) is 4.41. The van der Waals surface area contributed by atoms with Crippen molar-refractivity contribution in [2.75, 3.05) is 20.1 Å². The Kier molecular flexibility index (Phi) is 5.68. The van der Waals surface area contributed by atoms with Gasteiger partial charge in [-0.05, 0) is 46.3 Å². The van der Waals surface area contributed by atoms with Crippen LogP contribution in [-0.2, 0) is 0 Å². The average molecular weight is 238 g/mol. The lowest BCUT2D eigenvalue weighted by Crippen LogP contribution is -2.59. The summed E-state index contributed by atoms with van der Waals surface area (Å²) in [5.41, 5.74) is 1.67. The van der Waals surface area contributed by atoms with Gasteiger partial charge in [0, 0.05) is 11.6 Å². The Labute approximate surface area is 107 Å². The molecule has 0 spiro atoms. The van der Waals surface area contributed by atoms with Crippen LogP contribution in [0.5, 0.6) is 0 Å². The van der Waals surface area contributed by atoms with Gasteiger partial charge in [0.25, 0.3) is 0 Å². The highest BCUT2D eigenvalue weighted by Gasteiger charge is 2.43. The maximum Gasteiger partial charge on any atom is 0.0365 e. The zero-order valence-electron chi connectivity index (χ0n) is 12.2. The molecule has 2 nitrogen and oxygen atoms in total. The minimum absolute atomic E-state index is 0.372. The molecule has 2 heteroatoms. The molecule has 100 valence electrons. The van der Waals surface area contributed by atoms with Crippen LogP contribution in [0.15, 0.2) is 12.2 Å². The minimum atomic E-state index is 0.372. The second kappa shape index (κ2) is 6.55. The fourth-order valence-corrected chi connectivity index (χ4v) is 3.63. The highest BCUT2D eigenvalue weighted by Crippen LogP contribution is 2.39. The van der Waals surface area contributed by atoms with Crippen molar-refractivity contribution in [2.24, 2.45) is 0 Å². The van der Waals surface area contributed by atoms with Gasteiger partial charge in [-0.25, -0.2) is 0 Å². The van der Waals surface area contributed by atoms with Gasteiger partial charge >= 0.3 is 0 Å². The van der Waals surface area contributed by atoms with Crippen molar-refractivity contribution in [3.05, 3.63) is 12.2 Å². The zero-order valence-corrected chi connectivity index (χ0v) is 12.2. The Balaban J connectivity index is 2.91. The molecular formula is C15H30N2. The summed E-state index contributed by atoms with van der Waals surface area (Å²) in [6, 6.07) is 0.558. The van der Waals surface area contributed by atoms with Crippen molar-refractivity contribution >= 4 is 0 Å². The number of nitrogens with zero attached hydrogens (tertiary/aromatic N) is 1. The van der Waals surface area contributed by atoms with E-state index >= 15 is 0 Å². The first-order chi connectivity index (χ1) is 8.10. The predicted octanol–water partition coefficient (Wildman–Crippen LogP) is 3.20. The maximum atomic E-state index is 4.10. The van der Waals surface area contributed by atoms with Crippen molar-refractivity contribution in [2.45, 2.75) is 64.5 Å². The largest absolute Gasteiger partial charge is 0.315 e. The van der Waals surface area contributed by atoms with Crippen LogP contribution < -0.4 is 5.32 Å². The van der Waals surface area contributed by atoms with Gasteiger partial charge in [0.2, 0.25) is 0 Å². The van der Waals surface area contributed by atoms with Crippen LogP contribution in [0.2, 0.25) is 0 Å². The first-order valence-electron chi connectivity index (χ1n) is 7.17. The Morgan fingerprint density at radius 1 is 1.29 bits per heavy atom. The second-order valence-corrected chi connectivity index (χ2v) is 5.49. The number of rotatable bonds is 7. The summed E-state index contributed by atoms with van der Waals surface area (Å²) in [6.07, 6.45) is 6.55. The summed E-state index contributed by atoms with van der Waals surface area (Å²) >= 11 is 0. The molecule has 0 aliphatic heterocycles. The van der Waals surface area contributed by atoms with E-state index < -0.39 is 0 Å². The molecule has 0 aromatic carbocycles. The lowest BCUT2D eigenvalue weighted by atomic mass is 9.82. The van der Waals surface area contributed by atoms with Crippen LogP contribution >= 0.6 is 0 Å². The fraction of sp³-hybridized carbons (Fsp3) is 0.867. The average Bonchev–Trinajstić information content (AvgIpc) is 2.77. The molecule has 0 saturated heterocycles. The van der Waals surface area contributed by atoms with Crippen molar-refractivity contribution in [1.82, 2.24) is 10.2 Å². The van der Waals surface area contributed by atoms with Crippen molar-refractivity contribution in [3.8, 4) is 0 Å². The summed E-state index contributed by atoms with van der Waals surface area (Å²) in [6.45, 7) is 13.1. The molecule has 1 rings (SSSR count). The maximum absolute atomic E-state index is 4.10. The first kappa shape index (κ1) is 14.7. The molecule has 0 amide bonds. The van der Waals surface area contributed by atoms with E-state index in [0.29, 0.717) is 11.6 Å². The van der Waals surface area contributed by atoms with E-state index in [-0.39, 0.29) is 0 Å². The zero-order chi connectivity index (χ0) is 12.9. The first-order valence-corrected chi connectivity index (χ1v) is 7.17. The Morgan fingerprint density at radius 3 is 2.18 bits per heavy atom. The fourth-order valence-electron chi connectivity index (χ4n) is 3.63. The van der Waals surface area contributed by atoms with Crippen LogP contribution in [0.3, 0.4) is 0 Å². The van der Waals surface area contributed by atoms with Crippen LogP contribution in [0.25, 0.3) is 0 Å². The molecule has 1 fully saturated rings. The topological polar surface area (TPSA) is 15.3 Å². The standard InChI is InChI=1S/C15H30N2/c1-6-17(7-2)15(10-8-9-11-15)14(16-5)12-13(3)4/h14,16H,3,6-12H2,1-2,4-5H3. The monoisotopic (exact) mass is 238 g/mol. The van der Waals surface area contributed by atoms with Gasteiger partial charge in [-0.15, -0.1) is 6.58 Å². The molecule has 1 aliphatic carbocycles. The number of nitrogens with one attached hydrogen (secondary N) is 1. The molecule has 0 heterocycles. The van der Waals surface area contributed by atoms with Gasteiger partial charge in [-0.1, -0.05) is 32.3 Å². The van der Waals surface area contributed by atoms with Crippen LogP contribution in [0.1, 0.15) is 52.9 Å². The van der Waals surface area contributed by atoms with Gasteiger partial charge in [-0.3, -0.25) is 4.90 Å². The summed E-state index contributed by atoms with van der Waals surface area (Å²) in [7, 11) is 2.11. The smallest absolute Gasteiger partial charge is 0.0365 e. The molecule has 1 unspecified atom stereocenters. The second-order valence-electron chi connectivity index (χ2n) is 5.49. The van der Waals surface area contributed by atoms with Gasteiger partial charge in [-0.2, -0.15) is 0 Å². The number of hydrogen-bond donors (Lipinski definition) is 1. The van der Waals surface area contributed by atoms with Crippen LogP contribution in [-0.4, -0.2) is 36.6 Å². The summed E-state index contributed by atoms with van der Waals surface area (Å²) < 4.78 is 0. The van der Waals surface area contributed by atoms with E-state index in [1.54, 1.807) is 0 Å². The van der Waals surface area contributed by atoms with Crippen molar-refractivity contribution in [3.63, 3.8) is 0 Å². The molecule has 0 radical (unpaired) electrons. The third-order valence-corrected chi connectivity index (χ3v) is 4.41. The van der Waals surface area contributed by atoms with E-state index in [9.17, 15) is 0 Å². The van der Waals surface area contributed by atoms with Gasteiger partial charge in [0.05, 0.1) is 0 Å². The van der Waals surface area contributed by atoms with Gasteiger partial charge in [0.1, 0.15) is 0 Å². The summed E-state index contributed by atoms with van der Waals surface area (Å²) in [4.78, 5) is 2.67. The number of hydrogen-bond acceptors (Lipinski definition) is 2. The van der Waals surface area contributed by atoms with Gasteiger partial charge in [0.15, 0.2) is 0 Å². The van der Waals surface area contributed by atoms with E-state index in [1.165, 1.54) is 31.3 Å². The molecule has 1 atom stereocenters. The highest BCUT2D eigenvalue weighted by atomic mass is 15.2. The van der Waals surface area contributed by atoms with Crippen LogP contribution in [0, 0.1) is 0 Å². The molecule has 1 saturated carbocycles. The molecular weight excluding hydrogens is 208 g/mol. The molecule has 0 aromatic rings. The van der Waals surface area contributed by atoms with E-state index in [4.69, 9.17) is 0 Å². The number of likely N-dealkylation sites (N-methyl/N-ethyl adjacent to an activating group) is 2. The SMILES string of the molecule is C=C(C)CC(NC)C1(N(CC)CC)CCCC1. The van der Waals surface area contributed by atoms with E-state index in [1.807, 2.05) is 0 Å². The van der Waals surface area contributed by atoms with E-state index in [0.717, 1.165) is 19.5 Å². The molecule has 17 heavy (non-hydrogen) atoms. The Morgan fingerprint density at radius 2 is 1.82 bits per heavy atom. The lowest BCUT2D eigenvalue weighted by molar-refractivity contribution is 0.0659. The third kappa shape index (κ3) is 3.11. The Hall–Kier alpha value is -0.340. The normalized spacial score (nSPS) is 20.8. The van der Waals surface area contributed by atoms with Gasteiger partial charge < -0.3 is 5.32 Å². The summed E-state index contributed by atoms with van der Waals surface area (Å²) in [5, 5.41) is 3.56. The lowest BCUT2D eigenvalue weighted by Gasteiger charge is -2.46. The summed E-state index contributed by atoms with van der Waals surface area (Å²) in [5.74, 6) is 0. The Bertz CT molecular complexity index is 237. The van der Waals surface area contributed by atoms with Crippen molar-refractivity contribution < 1.29 is 0 Å². The quantitative estimate of drug-likeness (QED) is 0.685. The van der Waals surface area contributed by atoms with Crippen molar-refractivity contribution in [1.29, 1.82) is 0 Å². The predicted molar refractivity (Wildman–Crippen MR) is 76.4 cm³/mol. The molecule has 1 N–H and O–H groups in total.